The number of halogens is 1. The number of hydrogen-bond acceptors (Lipinski definition) is 3. The molecule has 0 bridgehead atoms. The highest BCUT2D eigenvalue weighted by atomic mass is 35.5. The minimum absolute atomic E-state index is 0.0414. The van der Waals surface area contributed by atoms with Gasteiger partial charge in [-0.3, -0.25) is 9.59 Å². The number of amides is 1. The van der Waals surface area contributed by atoms with Gasteiger partial charge in [0.25, 0.3) is 5.91 Å². The van der Waals surface area contributed by atoms with Crippen LogP contribution in [-0.2, 0) is 0 Å². The Bertz CT molecular complexity index is 607. The first-order chi connectivity index (χ1) is 8.58. The van der Waals surface area contributed by atoms with Crippen LogP contribution in [0.4, 0.5) is 5.69 Å². The summed E-state index contributed by atoms with van der Waals surface area (Å²) in [5.41, 5.74) is 1.14. The van der Waals surface area contributed by atoms with Gasteiger partial charge in [0.15, 0.2) is 5.78 Å². The molecule has 0 spiro atoms. The lowest BCUT2D eigenvalue weighted by Crippen LogP contribution is -2.11. The number of nitrogens with one attached hydrogen (secondary N) is 1. The molecule has 0 saturated heterocycles. The van der Waals surface area contributed by atoms with E-state index in [9.17, 15) is 9.59 Å². The topological polar surface area (TPSA) is 46.2 Å². The molecule has 1 N–H and O–H groups in total. The number of anilines is 1. The lowest BCUT2D eigenvalue weighted by molar-refractivity contribution is 0.101. The summed E-state index contributed by atoms with van der Waals surface area (Å²) >= 11 is 7.15. The van der Waals surface area contributed by atoms with Crippen LogP contribution in [0, 0.1) is 0 Å². The standard InChI is InChI=1S/C13H10ClNO2S/c1-8(16)9-3-2-4-10(7-9)15-13(17)12-11(14)5-6-18-12/h2-7H,1H3,(H,15,17). The zero-order chi connectivity index (χ0) is 13.1. The van der Waals surface area contributed by atoms with Crippen molar-refractivity contribution >= 4 is 40.3 Å². The fourth-order valence-electron chi connectivity index (χ4n) is 1.46. The third-order valence-electron chi connectivity index (χ3n) is 2.35. The average Bonchev–Trinajstić information content (AvgIpc) is 2.76. The maximum absolute atomic E-state index is 11.9. The average molecular weight is 280 g/mol. The smallest absolute Gasteiger partial charge is 0.267 e. The van der Waals surface area contributed by atoms with Crippen LogP contribution in [0.5, 0.6) is 0 Å². The summed E-state index contributed by atoms with van der Waals surface area (Å²) in [5, 5.41) is 4.90. The minimum Gasteiger partial charge on any atom is -0.321 e. The predicted molar refractivity (Wildman–Crippen MR) is 73.7 cm³/mol. The molecule has 2 rings (SSSR count). The van der Waals surface area contributed by atoms with E-state index in [1.165, 1.54) is 18.3 Å². The van der Waals surface area contributed by atoms with Crippen molar-refractivity contribution < 1.29 is 9.59 Å². The molecule has 0 unspecified atom stereocenters. The summed E-state index contributed by atoms with van der Waals surface area (Å²) in [6.07, 6.45) is 0. The molecule has 18 heavy (non-hydrogen) atoms. The van der Waals surface area contributed by atoms with E-state index in [0.29, 0.717) is 21.2 Å². The monoisotopic (exact) mass is 279 g/mol. The van der Waals surface area contributed by atoms with Gasteiger partial charge in [0.1, 0.15) is 4.88 Å². The highest BCUT2D eigenvalue weighted by molar-refractivity contribution is 7.12. The van der Waals surface area contributed by atoms with Crippen molar-refractivity contribution in [1.82, 2.24) is 0 Å². The van der Waals surface area contributed by atoms with E-state index in [4.69, 9.17) is 11.6 Å². The van der Waals surface area contributed by atoms with E-state index in [2.05, 4.69) is 5.32 Å². The molecule has 0 fully saturated rings. The van der Waals surface area contributed by atoms with Gasteiger partial charge in [0, 0.05) is 11.3 Å². The van der Waals surface area contributed by atoms with E-state index in [0.717, 1.165) is 0 Å². The highest BCUT2D eigenvalue weighted by Crippen LogP contribution is 2.23. The maximum atomic E-state index is 11.9. The zero-order valence-electron chi connectivity index (χ0n) is 9.57. The van der Waals surface area contributed by atoms with Gasteiger partial charge in [0.05, 0.1) is 5.02 Å². The summed E-state index contributed by atoms with van der Waals surface area (Å²) < 4.78 is 0. The van der Waals surface area contributed by atoms with Gasteiger partial charge in [0.2, 0.25) is 0 Å². The fourth-order valence-corrected chi connectivity index (χ4v) is 2.50. The summed E-state index contributed by atoms with van der Waals surface area (Å²) in [5.74, 6) is -0.309. The van der Waals surface area contributed by atoms with Crippen LogP contribution in [0.15, 0.2) is 35.7 Å². The number of carbonyl (C=O) groups excluding carboxylic acids is 2. The van der Waals surface area contributed by atoms with Gasteiger partial charge in [-0.25, -0.2) is 0 Å². The SMILES string of the molecule is CC(=O)c1cccc(NC(=O)c2sccc2Cl)c1. The van der Waals surface area contributed by atoms with Gasteiger partial charge in [-0.1, -0.05) is 23.7 Å². The van der Waals surface area contributed by atoms with Crippen LogP contribution in [0.2, 0.25) is 5.02 Å². The number of thiophene rings is 1. The van der Waals surface area contributed by atoms with E-state index < -0.39 is 0 Å². The Morgan fingerprint density at radius 2 is 2.06 bits per heavy atom. The molecule has 0 aliphatic rings. The number of benzene rings is 1. The largest absolute Gasteiger partial charge is 0.321 e. The van der Waals surface area contributed by atoms with Gasteiger partial charge in [-0.2, -0.15) is 0 Å². The summed E-state index contributed by atoms with van der Waals surface area (Å²) in [4.78, 5) is 23.6. The summed E-state index contributed by atoms with van der Waals surface area (Å²) in [7, 11) is 0. The number of Topliss-reactive ketones (excluding diaryl/α,β-unsaturated/α-hetero) is 1. The van der Waals surface area contributed by atoms with Crippen molar-refractivity contribution in [2.24, 2.45) is 0 Å². The molecule has 0 saturated carbocycles. The third kappa shape index (κ3) is 2.78. The Hall–Kier alpha value is -1.65. The first-order valence-corrected chi connectivity index (χ1v) is 6.49. The molecule has 0 atom stereocenters. The van der Waals surface area contributed by atoms with Crippen LogP contribution >= 0.6 is 22.9 Å². The molecule has 5 heteroatoms. The Morgan fingerprint density at radius 3 is 2.67 bits per heavy atom. The van der Waals surface area contributed by atoms with Crippen molar-refractivity contribution in [3.63, 3.8) is 0 Å². The Morgan fingerprint density at radius 1 is 1.28 bits per heavy atom. The molecule has 3 nitrogen and oxygen atoms in total. The number of rotatable bonds is 3. The molecule has 0 aliphatic carbocycles. The van der Waals surface area contributed by atoms with Gasteiger partial charge in [-0.05, 0) is 30.5 Å². The van der Waals surface area contributed by atoms with Crippen LogP contribution in [-0.4, -0.2) is 11.7 Å². The van der Waals surface area contributed by atoms with E-state index in [1.54, 1.807) is 35.7 Å². The summed E-state index contributed by atoms with van der Waals surface area (Å²) in [6, 6.07) is 8.47. The lowest BCUT2D eigenvalue weighted by atomic mass is 10.1. The van der Waals surface area contributed by atoms with E-state index >= 15 is 0 Å². The third-order valence-corrected chi connectivity index (χ3v) is 3.69. The second kappa shape index (κ2) is 5.33. The van der Waals surface area contributed by atoms with Crippen LogP contribution in [0.25, 0.3) is 0 Å². The lowest BCUT2D eigenvalue weighted by Gasteiger charge is -2.05. The minimum atomic E-state index is -0.268. The fraction of sp³-hybridized carbons (Fsp3) is 0.0769. The molecule has 2 aromatic rings. The molecule has 0 radical (unpaired) electrons. The molecule has 0 aliphatic heterocycles. The number of ketones is 1. The van der Waals surface area contributed by atoms with Crippen LogP contribution in [0.3, 0.4) is 0 Å². The van der Waals surface area contributed by atoms with Crippen molar-refractivity contribution in [3.05, 3.63) is 51.2 Å². The van der Waals surface area contributed by atoms with Gasteiger partial charge >= 0.3 is 0 Å². The normalized spacial score (nSPS) is 10.1. The molecule has 92 valence electrons. The van der Waals surface area contributed by atoms with Crippen molar-refractivity contribution in [2.75, 3.05) is 5.32 Å². The molecular formula is C13H10ClNO2S. The van der Waals surface area contributed by atoms with Crippen molar-refractivity contribution in [3.8, 4) is 0 Å². The molecule has 1 amide bonds. The van der Waals surface area contributed by atoms with Gasteiger partial charge < -0.3 is 5.32 Å². The zero-order valence-corrected chi connectivity index (χ0v) is 11.1. The molecular weight excluding hydrogens is 270 g/mol. The Kier molecular flexibility index (Phi) is 3.79. The summed E-state index contributed by atoms with van der Waals surface area (Å²) in [6.45, 7) is 1.48. The van der Waals surface area contributed by atoms with E-state index in [1.807, 2.05) is 0 Å². The number of hydrogen-bond donors (Lipinski definition) is 1. The van der Waals surface area contributed by atoms with E-state index in [-0.39, 0.29) is 11.7 Å². The van der Waals surface area contributed by atoms with Crippen LogP contribution < -0.4 is 5.32 Å². The number of carbonyl (C=O) groups is 2. The molecule has 1 aromatic heterocycles. The van der Waals surface area contributed by atoms with Crippen molar-refractivity contribution in [1.29, 1.82) is 0 Å². The Labute approximate surface area is 113 Å². The second-order valence-corrected chi connectivity index (χ2v) is 5.01. The first kappa shape index (κ1) is 12.8. The highest BCUT2D eigenvalue weighted by Gasteiger charge is 2.12. The van der Waals surface area contributed by atoms with Gasteiger partial charge in [-0.15, -0.1) is 11.3 Å². The first-order valence-electron chi connectivity index (χ1n) is 5.23. The molecule has 1 heterocycles. The predicted octanol–water partition coefficient (Wildman–Crippen LogP) is 3.86. The Balaban J connectivity index is 2.20. The second-order valence-electron chi connectivity index (χ2n) is 3.69. The van der Waals surface area contributed by atoms with Crippen LogP contribution in [0.1, 0.15) is 27.0 Å². The maximum Gasteiger partial charge on any atom is 0.267 e. The molecule has 1 aromatic carbocycles. The quantitative estimate of drug-likeness (QED) is 0.867. The van der Waals surface area contributed by atoms with Crippen molar-refractivity contribution in [2.45, 2.75) is 6.92 Å².